The lowest BCUT2D eigenvalue weighted by molar-refractivity contribution is -0.192. The second-order valence-electron chi connectivity index (χ2n) is 8.27. The number of aryl methyl sites for hydroxylation is 1. The Bertz CT molecular complexity index is 1040. The number of aliphatic carboxylic acids is 1. The van der Waals surface area contributed by atoms with Gasteiger partial charge in [-0.2, -0.15) is 18.3 Å². The summed E-state index contributed by atoms with van der Waals surface area (Å²) in [4.78, 5) is 44.2. The molecule has 2 aromatic heterocycles. The molecule has 0 bridgehead atoms. The maximum absolute atomic E-state index is 12.7. The maximum Gasteiger partial charge on any atom is 0.490 e. The number of hydrogen-bond donors (Lipinski definition) is 1. The average Bonchev–Trinajstić information content (AvgIpc) is 3.36. The molecule has 2 amide bonds. The van der Waals surface area contributed by atoms with Crippen LogP contribution in [0.3, 0.4) is 0 Å². The van der Waals surface area contributed by atoms with E-state index in [0.717, 1.165) is 37.4 Å². The van der Waals surface area contributed by atoms with E-state index in [9.17, 15) is 22.8 Å². The highest BCUT2D eigenvalue weighted by atomic mass is 19.4. The number of alkyl halides is 3. The topological polar surface area (TPSA) is 112 Å². The number of carboxylic acid groups (broad SMARTS) is 1. The van der Waals surface area contributed by atoms with Gasteiger partial charge in [-0.05, 0) is 18.6 Å². The fourth-order valence-corrected chi connectivity index (χ4v) is 4.23. The molecule has 34 heavy (non-hydrogen) atoms. The molecule has 2 fully saturated rings. The van der Waals surface area contributed by atoms with Crippen LogP contribution in [0.1, 0.15) is 19.0 Å². The van der Waals surface area contributed by atoms with Crippen LogP contribution in [0.5, 0.6) is 0 Å². The third kappa shape index (κ3) is 5.71. The first-order valence-corrected chi connectivity index (χ1v) is 10.4. The van der Waals surface area contributed by atoms with Crippen LogP contribution in [-0.4, -0.2) is 85.3 Å². The minimum absolute atomic E-state index is 0.0473. The van der Waals surface area contributed by atoms with E-state index < -0.39 is 12.1 Å². The zero-order valence-corrected chi connectivity index (χ0v) is 18.7. The van der Waals surface area contributed by atoms with E-state index in [2.05, 4.69) is 15.0 Å². The normalized spacial score (nSPS) is 20.9. The van der Waals surface area contributed by atoms with Gasteiger partial charge in [0.15, 0.2) is 0 Å². The number of carboxylic acids is 1. The van der Waals surface area contributed by atoms with Crippen molar-refractivity contribution in [3.63, 3.8) is 0 Å². The van der Waals surface area contributed by atoms with Crippen LogP contribution in [-0.2, 0) is 28.0 Å². The lowest BCUT2D eigenvalue weighted by Crippen LogP contribution is -2.66. The molecule has 2 aromatic rings. The van der Waals surface area contributed by atoms with Crippen molar-refractivity contribution in [2.24, 2.45) is 7.05 Å². The van der Waals surface area contributed by atoms with E-state index in [4.69, 9.17) is 9.90 Å². The molecule has 2 saturated heterocycles. The van der Waals surface area contributed by atoms with Crippen LogP contribution in [0.4, 0.5) is 18.9 Å². The second-order valence-corrected chi connectivity index (χ2v) is 8.27. The number of carbonyl (C=O) groups is 3. The van der Waals surface area contributed by atoms with E-state index >= 15 is 0 Å². The van der Waals surface area contributed by atoms with Gasteiger partial charge in [0, 0.05) is 46.0 Å². The minimum atomic E-state index is -5.08. The number of halogens is 3. The molecule has 10 nitrogen and oxygen atoms in total. The molecular formula is C21H25F3N6O4. The van der Waals surface area contributed by atoms with Crippen molar-refractivity contribution in [3.8, 4) is 0 Å². The summed E-state index contributed by atoms with van der Waals surface area (Å²) in [7, 11) is 1.83. The molecule has 2 aliphatic rings. The predicted molar refractivity (Wildman–Crippen MR) is 114 cm³/mol. The highest BCUT2D eigenvalue weighted by Crippen LogP contribution is 2.34. The molecule has 0 aliphatic carbocycles. The van der Waals surface area contributed by atoms with E-state index in [0.29, 0.717) is 6.54 Å². The molecule has 184 valence electrons. The van der Waals surface area contributed by atoms with Gasteiger partial charge in [-0.1, -0.05) is 6.07 Å². The van der Waals surface area contributed by atoms with Crippen LogP contribution in [0.25, 0.3) is 0 Å². The van der Waals surface area contributed by atoms with Crippen LogP contribution in [0, 0.1) is 0 Å². The number of rotatable bonds is 3. The van der Waals surface area contributed by atoms with Crippen molar-refractivity contribution < 1.29 is 32.7 Å². The fourth-order valence-electron chi connectivity index (χ4n) is 4.23. The standard InChI is InChI=1S/C19H24N6O2.C2HF3O2/c1-15(26)25-12-18(27)24(17-9-21-22(2)11-17)14-19(25)6-8-23(13-19)10-16-5-3-4-7-20-16;3-2(4,5)1(6)7/h3-5,7,9,11H,6,8,10,12-14H2,1-2H3;(H,6,7). The number of piperazine rings is 1. The highest BCUT2D eigenvalue weighted by Gasteiger charge is 2.50. The van der Waals surface area contributed by atoms with Gasteiger partial charge in [-0.25, -0.2) is 4.79 Å². The quantitative estimate of drug-likeness (QED) is 0.702. The lowest BCUT2D eigenvalue weighted by Gasteiger charge is -2.48. The Morgan fingerprint density at radius 2 is 1.94 bits per heavy atom. The van der Waals surface area contributed by atoms with Gasteiger partial charge < -0.3 is 14.9 Å². The van der Waals surface area contributed by atoms with E-state index in [-0.39, 0.29) is 23.9 Å². The molecule has 2 aliphatic heterocycles. The van der Waals surface area contributed by atoms with Crippen molar-refractivity contribution >= 4 is 23.5 Å². The number of pyridine rings is 1. The maximum atomic E-state index is 12.7. The number of aromatic nitrogens is 3. The molecule has 0 aromatic carbocycles. The fraction of sp³-hybridized carbons (Fsp3) is 0.476. The van der Waals surface area contributed by atoms with Crippen molar-refractivity contribution in [2.45, 2.75) is 31.6 Å². The number of carbonyl (C=O) groups excluding carboxylic acids is 2. The van der Waals surface area contributed by atoms with Crippen molar-refractivity contribution in [1.82, 2.24) is 24.6 Å². The van der Waals surface area contributed by atoms with Gasteiger partial charge in [0.05, 0.1) is 29.7 Å². The van der Waals surface area contributed by atoms with Gasteiger partial charge in [-0.3, -0.25) is 24.2 Å². The van der Waals surface area contributed by atoms with Crippen molar-refractivity contribution in [2.75, 3.05) is 31.1 Å². The summed E-state index contributed by atoms with van der Waals surface area (Å²) < 4.78 is 33.4. The molecule has 0 radical (unpaired) electrons. The first-order chi connectivity index (χ1) is 15.9. The number of hydrogen-bond acceptors (Lipinski definition) is 6. The highest BCUT2D eigenvalue weighted by molar-refractivity contribution is 5.98. The molecule has 1 unspecified atom stereocenters. The SMILES string of the molecule is CC(=O)N1CC(=O)N(c2cnn(C)c2)CC12CCN(Cc1ccccn1)C2.O=C(O)C(F)(F)F. The summed E-state index contributed by atoms with van der Waals surface area (Å²) in [5, 5.41) is 11.3. The summed E-state index contributed by atoms with van der Waals surface area (Å²) >= 11 is 0. The van der Waals surface area contributed by atoms with Crippen LogP contribution in [0.2, 0.25) is 0 Å². The summed E-state index contributed by atoms with van der Waals surface area (Å²) in [5.41, 5.74) is 1.43. The summed E-state index contributed by atoms with van der Waals surface area (Å²) in [6.45, 7) is 4.51. The molecule has 1 atom stereocenters. The Hall–Kier alpha value is -3.48. The van der Waals surface area contributed by atoms with Gasteiger partial charge >= 0.3 is 12.1 Å². The molecule has 1 N–H and O–H groups in total. The Labute approximate surface area is 193 Å². The van der Waals surface area contributed by atoms with Crippen LogP contribution in [0.15, 0.2) is 36.8 Å². The molecular weight excluding hydrogens is 457 g/mol. The van der Waals surface area contributed by atoms with Gasteiger partial charge in [0.2, 0.25) is 11.8 Å². The third-order valence-electron chi connectivity index (χ3n) is 5.77. The molecule has 4 heterocycles. The minimum Gasteiger partial charge on any atom is -0.475 e. The predicted octanol–water partition coefficient (Wildman–Crippen LogP) is 1.29. The largest absolute Gasteiger partial charge is 0.490 e. The molecule has 13 heteroatoms. The zero-order chi connectivity index (χ0) is 25.1. The Balaban J connectivity index is 0.000000406. The van der Waals surface area contributed by atoms with Crippen molar-refractivity contribution in [3.05, 3.63) is 42.5 Å². The summed E-state index contributed by atoms with van der Waals surface area (Å²) in [5.74, 6) is -2.87. The third-order valence-corrected chi connectivity index (χ3v) is 5.77. The van der Waals surface area contributed by atoms with Crippen LogP contribution >= 0.6 is 0 Å². The lowest BCUT2D eigenvalue weighted by atomic mass is 9.92. The Kier molecular flexibility index (Phi) is 7.24. The summed E-state index contributed by atoms with van der Waals surface area (Å²) in [6.07, 6.45) is 1.10. The number of anilines is 1. The first-order valence-electron chi connectivity index (χ1n) is 10.4. The smallest absolute Gasteiger partial charge is 0.475 e. The zero-order valence-electron chi connectivity index (χ0n) is 18.7. The summed E-state index contributed by atoms with van der Waals surface area (Å²) in [6, 6.07) is 5.91. The average molecular weight is 482 g/mol. The Morgan fingerprint density at radius 3 is 2.47 bits per heavy atom. The number of amides is 2. The monoisotopic (exact) mass is 482 g/mol. The van der Waals surface area contributed by atoms with E-state index in [1.165, 1.54) is 0 Å². The second kappa shape index (κ2) is 9.79. The number of likely N-dealkylation sites (tertiary alicyclic amines) is 1. The van der Waals surface area contributed by atoms with Gasteiger partial charge in [0.1, 0.15) is 6.54 Å². The van der Waals surface area contributed by atoms with Gasteiger partial charge in [0.25, 0.3) is 0 Å². The van der Waals surface area contributed by atoms with Crippen molar-refractivity contribution in [1.29, 1.82) is 0 Å². The van der Waals surface area contributed by atoms with Gasteiger partial charge in [-0.15, -0.1) is 0 Å². The molecule has 4 rings (SSSR count). The molecule has 1 spiro atoms. The van der Waals surface area contributed by atoms with E-state index in [1.807, 2.05) is 31.4 Å². The van der Waals surface area contributed by atoms with Crippen LogP contribution < -0.4 is 4.90 Å². The molecule has 0 saturated carbocycles. The van der Waals surface area contributed by atoms with E-state index in [1.54, 1.807) is 33.8 Å². The number of nitrogens with zero attached hydrogens (tertiary/aromatic N) is 6. The Morgan fingerprint density at radius 1 is 1.24 bits per heavy atom. The first kappa shape index (κ1) is 25.1.